The second-order valence-electron chi connectivity index (χ2n) is 5.31. The van der Waals surface area contributed by atoms with Crippen molar-refractivity contribution >= 4 is 15.9 Å². The largest absolute Gasteiger partial charge is 0.386 e. The third kappa shape index (κ3) is 3.38. The second-order valence-corrected chi connectivity index (χ2v) is 6.90. The quantitative estimate of drug-likeness (QED) is 0.445. The fourth-order valence-corrected chi connectivity index (χ4v) is 4.08. The first-order valence-corrected chi connectivity index (χ1v) is 8.35. The van der Waals surface area contributed by atoms with Crippen molar-refractivity contribution < 1.29 is 12.8 Å². The molecule has 1 aliphatic carbocycles. The monoisotopic (exact) mass is 314 g/mol. The van der Waals surface area contributed by atoms with Crippen LogP contribution in [0.5, 0.6) is 0 Å². The zero-order valence-electron chi connectivity index (χ0n) is 11.6. The van der Waals surface area contributed by atoms with Gasteiger partial charge >= 0.3 is 0 Å². The van der Waals surface area contributed by atoms with Crippen LogP contribution in [0.2, 0.25) is 0 Å². The maximum Gasteiger partial charge on any atom is 0.261 e. The zero-order chi connectivity index (χ0) is 15.5. The van der Waals surface area contributed by atoms with E-state index in [0.717, 1.165) is 31.7 Å². The molecule has 2 rings (SSSR count). The van der Waals surface area contributed by atoms with Gasteiger partial charge in [-0.25, -0.2) is 17.8 Å². The lowest BCUT2D eigenvalue weighted by Gasteiger charge is -2.32. The van der Waals surface area contributed by atoms with E-state index in [1.54, 1.807) is 0 Å². The summed E-state index contributed by atoms with van der Waals surface area (Å²) in [6, 6.07) is 2.36. The number of nitrogens with two attached hydrogens (primary N) is 1. The van der Waals surface area contributed by atoms with Crippen LogP contribution >= 0.6 is 0 Å². The number of nitrogens with one attached hydrogen (secondary N) is 2. The SMILES string of the molecule is N=C(N)C1(NS(=O)(=O)c2ncccc2F)CCCCCC1. The first-order chi connectivity index (χ1) is 9.87. The van der Waals surface area contributed by atoms with Crippen LogP contribution in [-0.4, -0.2) is 24.8 Å². The lowest BCUT2D eigenvalue weighted by molar-refractivity contribution is 0.430. The maximum absolute atomic E-state index is 13.7. The van der Waals surface area contributed by atoms with Gasteiger partial charge in [-0.2, -0.15) is 4.72 Å². The number of hydrogen-bond acceptors (Lipinski definition) is 4. The summed E-state index contributed by atoms with van der Waals surface area (Å²) in [6.45, 7) is 0. The fourth-order valence-electron chi connectivity index (χ4n) is 2.63. The summed E-state index contributed by atoms with van der Waals surface area (Å²) in [7, 11) is -4.17. The van der Waals surface area contributed by atoms with Gasteiger partial charge in [0.25, 0.3) is 10.0 Å². The summed E-state index contributed by atoms with van der Waals surface area (Å²) in [5.41, 5.74) is 4.50. The van der Waals surface area contributed by atoms with Crippen molar-refractivity contribution in [2.45, 2.75) is 49.1 Å². The van der Waals surface area contributed by atoms with E-state index in [0.29, 0.717) is 12.8 Å². The van der Waals surface area contributed by atoms with E-state index in [1.807, 2.05) is 0 Å². The number of nitrogens with zero attached hydrogens (tertiary/aromatic N) is 1. The smallest absolute Gasteiger partial charge is 0.261 e. The molecule has 0 aromatic carbocycles. The van der Waals surface area contributed by atoms with Gasteiger partial charge in [0, 0.05) is 6.20 Å². The Labute approximate surface area is 123 Å². The van der Waals surface area contributed by atoms with Crippen molar-refractivity contribution in [2.75, 3.05) is 0 Å². The third-order valence-corrected chi connectivity index (χ3v) is 5.25. The Morgan fingerprint density at radius 1 is 1.33 bits per heavy atom. The van der Waals surface area contributed by atoms with Gasteiger partial charge in [-0.05, 0) is 25.0 Å². The van der Waals surface area contributed by atoms with Gasteiger partial charge in [-0.15, -0.1) is 0 Å². The molecule has 4 N–H and O–H groups in total. The predicted molar refractivity (Wildman–Crippen MR) is 76.9 cm³/mol. The van der Waals surface area contributed by atoms with E-state index in [1.165, 1.54) is 12.3 Å². The van der Waals surface area contributed by atoms with Gasteiger partial charge in [0.15, 0.2) is 5.82 Å². The van der Waals surface area contributed by atoms with Crippen LogP contribution in [0, 0.1) is 11.2 Å². The van der Waals surface area contributed by atoms with Crippen molar-refractivity contribution in [3.05, 3.63) is 24.1 Å². The van der Waals surface area contributed by atoms with Crippen molar-refractivity contribution in [1.29, 1.82) is 5.41 Å². The van der Waals surface area contributed by atoms with Crippen molar-refractivity contribution in [3.63, 3.8) is 0 Å². The molecule has 0 radical (unpaired) electrons. The van der Waals surface area contributed by atoms with Crippen LogP contribution in [0.25, 0.3) is 0 Å². The highest BCUT2D eigenvalue weighted by molar-refractivity contribution is 7.89. The van der Waals surface area contributed by atoms with E-state index in [9.17, 15) is 12.8 Å². The predicted octanol–water partition coefficient (Wildman–Crippen LogP) is 1.53. The van der Waals surface area contributed by atoms with E-state index in [2.05, 4.69) is 9.71 Å². The molecule has 1 aliphatic rings. The minimum atomic E-state index is -4.17. The van der Waals surface area contributed by atoms with Crippen molar-refractivity contribution in [3.8, 4) is 0 Å². The molecule has 8 heteroatoms. The van der Waals surface area contributed by atoms with E-state index < -0.39 is 26.4 Å². The molecule has 0 saturated heterocycles. The highest BCUT2D eigenvalue weighted by Gasteiger charge is 2.39. The number of rotatable bonds is 4. The lowest BCUT2D eigenvalue weighted by Crippen LogP contribution is -2.56. The molecule has 1 fully saturated rings. The molecule has 0 atom stereocenters. The van der Waals surface area contributed by atoms with Gasteiger partial charge in [-0.1, -0.05) is 25.7 Å². The molecule has 0 unspecified atom stereocenters. The molecular formula is C13H19FN4O2S. The number of amidine groups is 1. The number of hydrogen-bond donors (Lipinski definition) is 3. The van der Waals surface area contributed by atoms with Crippen LogP contribution in [0.4, 0.5) is 4.39 Å². The molecule has 1 aromatic rings. The molecule has 0 bridgehead atoms. The molecule has 0 spiro atoms. The van der Waals surface area contributed by atoms with Gasteiger partial charge in [0.1, 0.15) is 5.84 Å². The Hall–Kier alpha value is -1.54. The van der Waals surface area contributed by atoms with Crippen LogP contribution in [-0.2, 0) is 10.0 Å². The summed E-state index contributed by atoms with van der Waals surface area (Å²) < 4.78 is 40.9. The Kier molecular flexibility index (Phi) is 4.58. The average molecular weight is 314 g/mol. The third-order valence-electron chi connectivity index (χ3n) is 3.78. The summed E-state index contributed by atoms with van der Waals surface area (Å²) >= 11 is 0. The summed E-state index contributed by atoms with van der Waals surface area (Å²) in [5.74, 6) is -1.15. The van der Waals surface area contributed by atoms with Gasteiger partial charge < -0.3 is 5.73 Å². The Balaban J connectivity index is 2.36. The van der Waals surface area contributed by atoms with Gasteiger partial charge in [0.05, 0.1) is 5.54 Å². The van der Waals surface area contributed by atoms with Crippen LogP contribution in [0.15, 0.2) is 23.4 Å². The number of sulfonamides is 1. The van der Waals surface area contributed by atoms with Crippen LogP contribution in [0.1, 0.15) is 38.5 Å². The van der Waals surface area contributed by atoms with Crippen LogP contribution < -0.4 is 10.5 Å². The molecule has 1 heterocycles. The Bertz CT molecular complexity index is 625. The zero-order valence-corrected chi connectivity index (χ0v) is 12.4. The van der Waals surface area contributed by atoms with Crippen molar-refractivity contribution in [2.24, 2.45) is 5.73 Å². The standard InChI is InChI=1S/C13H19FN4O2S/c14-10-6-5-9-17-11(10)21(19,20)18-13(12(15)16)7-3-1-2-4-8-13/h5-6,9,18H,1-4,7-8H2,(H3,15,16). The summed E-state index contributed by atoms with van der Waals surface area (Å²) in [5, 5.41) is 7.11. The number of pyridine rings is 1. The minimum absolute atomic E-state index is 0.232. The first kappa shape index (κ1) is 15.8. The van der Waals surface area contributed by atoms with E-state index in [4.69, 9.17) is 11.1 Å². The molecular weight excluding hydrogens is 295 g/mol. The molecule has 0 aliphatic heterocycles. The van der Waals surface area contributed by atoms with E-state index >= 15 is 0 Å². The van der Waals surface area contributed by atoms with E-state index in [-0.39, 0.29) is 5.84 Å². The Morgan fingerprint density at radius 2 is 1.95 bits per heavy atom. The first-order valence-electron chi connectivity index (χ1n) is 6.86. The molecule has 116 valence electrons. The minimum Gasteiger partial charge on any atom is -0.386 e. The highest BCUT2D eigenvalue weighted by atomic mass is 32.2. The molecule has 0 amide bonds. The van der Waals surface area contributed by atoms with Gasteiger partial charge in [0.2, 0.25) is 5.03 Å². The van der Waals surface area contributed by atoms with Crippen LogP contribution in [0.3, 0.4) is 0 Å². The second kappa shape index (κ2) is 6.07. The fraction of sp³-hybridized carbons (Fsp3) is 0.538. The Morgan fingerprint density at radius 3 is 2.48 bits per heavy atom. The van der Waals surface area contributed by atoms with Crippen molar-refractivity contribution in [1.82, 2.24) is 9.71 Å². The highest BCUT2D eigenvalue weighted by Crippen LogP contribution is 2.29. The molecule has 1 aromatic heterocycles. The average Bonchev–Trinajstić information content (AvgIpc) is 2.65. The topological polar surface area (TPSA) is 109 Å². The molecule has 1 saturated carbocycles. The normalized spacial score (nSPS) is 18.9. The number of aromatic nitrogens is 1. The lowest BCUT2D eigenvalue weighted by atomic mass is 9.90. The summed E-state index contributed by atoms with van der Waals surface area (Å²) in [6.07, 6.45) is 5.57. The van der Waals surface area contributed by atoms with Gasteiger partial charge in [-0.3, -0.25) is 5.41 Å². The summed E-state index contributed by atoms with van der Waals surface area (Å²) in [4.78, 5) is 3.59. The maximum atomic E-state index is 13.7. The molecule has 21 heavy (non-hydrogen) atoms. The number of halogens is 1. The molecule has 6 nitrogen and oxygen atoms in total.